The van der Waals surface area contributed by atoms with Crippen molar-refractivity contribution in [2.45, 2.75) is 58.0 Å². The molecule has 0 radical (unpaired) electrons. The summed E-state index contributed by atoms with van der Waals surface area (Å²) in [6, 6.07) is 0. The summed E-state index contributed by atoms with van der Waals surface area (Å²) in [6.07, 6.45) is 7.81. The molecule has 0 atom stereocenters. The van der Waals surface area contributed by atoms with Crippen molar-refractivity contribution in [1.29, 1.82) is 0 Å². The maximum atomic E-state index is 10.4. The Bertz CT molecular complexity index is 190. The summed E-state index contributed by atoms with van der Waals surface area (Å²) in [5.74, 6) is 0.826. The Morgan fingerprint density at radius 2 is 2.00 bits per heavy atom. The number of allylic oxidation sites excluding steroid dienone is 1. The largest absolute Gasteiger partial charge is 0.495 e. The lowest BCUT2D eigenvalue weighted by Gasteiger charge is -2.32. The van der Waals surface area contributed by atoms with Crippen LogP contribution < -0.4 is 0 Å². The number of aliphatic hydroxyl groups is 1. The molecule has 82 valence electrons. The molecule has 0 aromatic heterocycles. The Morgan fingerprint density at radius 3 is 2.43 bits per heavy atom. The average Bonchev–Trinajstić information content (AvgIpc) is 2.20. The fraction of sp³-hybridized carbons (Fsp3) is 0.833. The van der Waals surface area contributed by atoms with Crippen LogP contribution in [0.2, 0.25) is 0 Å². The smallest absolute Gasteiger partial charge is 0.124 e. The van der Waals surface area contributed by atoms with E-state index in [1.807, 2.05) is 0 Å². The monoisotopic (exact) mass is 198 g/mol. The number of ether oxygens (including phenoxy) is 1. The lowest BCUT2D eigenvalue weighted by Crippen LogP contribution is -2.33. The van der Waals surface area contributed by atoms with Gasteiger partial charge in [-0.05, 0) is 31.8 Å². The van der Waals surface area contributed by atoms with Gasteiger partial charge in [-0.3, -0.25) is 0 Å². The maximum absolute atomic E-state index is 10.4. The third kappa shape index (κ3) is 2.74. The van der Waals surface area contributed by atoms with Crippen LogP contribution in [0.25, 0.3) is 0 Å². The second-order valence-electron chi connectivity index (χ2n) is 4.09. The second kappa shape index (κ2) is 5.40. The van der Waals surface area contributed by atoms with Crippen molar-refractivity contribution < 1.29 is 9.84 Å². The minimum Gasteiger partial charge on any atom is -0.495 e. The lowest BCUT2D eigenvalue weighted by atomic mass is 9.89. The highest BCUT2D eigenvalue weighted by Gasteiger charge is 2.32. The van der Waals surface area contributed by atoms with Crippen LogP contribution in [0.5, 0.6) is 0 Å². The van der Waals surface area contributed by atoms with Gasteiger partial charge in [0, 0.05) is 0 Å². The molecule has 1 heterocycles. The molecular formula is C12H22O2. The first kappa shape index (κ1) is 11.6. The summed E-state index contributed by atoms with van der Waals surface area (Å²) in [5, 5.41) is 10.4. The van der Waals surface area contributed by atoms with Crippen molar-refractivity contribution in [3.05, 3.63) is 11.8 Å². The highest BCUT2D eigenvalue weighted by molar-refractivity contribution is 5.11. The van der Waals surface area contributed by atoms with Crippen molar-refractivity contribution >= 4 is 0 Å². The van der Waals surface area contributed by atoms with E-state index in [9.17, 15) is 5.11 Å². The topological polar surface area (TPSA) is 29.5 Å². The van der Waals surface area contributed by atoms with Gasteiger partial charge in [-0.15, -0.1) is 0 Å². The fourth-order valence-corrected chi connectivity index (χ4v) is 2.08. The Kier molecular flexibility index (Phi) is 4.46. The van der Waals surface area contributed by atoms with Gasteiger partial charge >= 0.3 is 0 Å². The Morgan fingerprint density at radius 1 is 1.36 bits per heavy atom. The molecule has 0 spiro atoms. The van der Waals surface area contributed by atoms with Crippen LogP contribution in [0.3, 0.4) is 0 Å². The van der Waals surface area contributed by atoms with Gasteiger partial charge in [-0.25, -0.2) is 0 Å². The van der Waals surface area contributed by atoms with E-state index in [2.05, 4.69) is 19.9 Å². The molecule has 0 aromatic rings. The predicted octanol–water partition coefficient (Wildman–Crippen LogP) is 3.01. The zero-order chi connectivity index (χ0) is 10.4. The Labute approximate surface area is 87.0 Å². The molecule has 1 aliphatic heterocycles. The minimum absolute atomic E-state index is 0.691. The van der Waals surface area contributed by atoms with E-state index in [0.717, 1.165) is 50.9 Å². The molecule has 1 aliphatic rings. The molecule has 0 amide bonds. The molecule has 1 N–H and O–H groups in total. The Hall–Kier alpha value is -0.500. The summed E-state index contributed by atoms with van der Waals surface area (Å²) in [7, 11) is 0. The first-order valence-corrected chi connectivity index (χ1v) is 5.78. The zero-order valence-corrected chi connectivity index (χ0v) is 9.38. The molecule has 1 rings (SSSR count). The molecule has 2 nitrogen and oxygen atoms in total. The summed E-state index contributed by atoms with van der Waals surface area (Å²) in [6.45, 7) is 4.97. The number of hydrogen-bond acceptors (Lipinski definition) is 2. The quantitative estimate of drug-likeness (QED) is 0.735. The zero-order valence-electron chi connectivity index (χ0n) is 9.38. The first-order valence-electron chi connectivity index (χ1n) is 5.78. The van der Waals surface area contributed by atoms with Gasteiger partial charge in [0.15, 0.2) is 0 Å². The normalized spacial score (nSPS) is 17.5. The first-order chi connectivity index (χ1) is 6.73. The third-order valence-corrected chi connectivity index (χ3v) is 2.72. The van der Waals surface area contributed by atoms with Gasteiger partial charge in [0.2, 0.25) is 0 Å². The van der Waals surface area contributed by atoms with Crippen molar-refractivity contribution in [3.8, 4) is 0 Å². The summed E-state index contributed by atoms with van der Waals surface area (Å²) >= 11 is 0. The fourth-order valence-electron chi connectivity index (χ4n) is 2.08. The van der Waals surface area contributed by atoms with E-state index in [0.29, 0.717) is 0 Å². The predicted molar refractivity (Wildman–Crippen MR) is 58.0 cm³/mol. The molecule has 0 saturated heterocycles. The molecule has 0 aromatic carbocycles. The second-order valence-corrected chi connectivity index (χ2v) is 4.09. The van der Waals surface area contributed by atoms with E-state index in [1.165, 1.54) is 0 Å². The molecule has 2 heteroatoms. The van der Waals surface area contributed by atoms with Crippen LogP contribution in [0.1, 0.15) is 52.4 Å². The third-order valence-electron chi connectivity index (χ3n) is 2.72. The van der Waals surface area contributed by atoms with E-state index in [-0.39, 0.29) is 0 Å². The lowest BCUT2D eigenvalue weighted by molar-refractivity contribution is -0.00944. The molecule has 0 aliphatic carbocycles. The van der Waals surface area contributed by atoms with E-state index in [1.54, 1.807) is 0 Å². The van der Waals surface area contributed by atoms with Crippen LogP contribution in [-0.2, 0) is 4.74 Å². The van der Waals surface area contributed by atoms with E-state index >= 15 is 0 Å². The molecule has 0 saturated carbocycles. The number of hydrogen-bond donors (Lipinski definition) is 1. The average molecular weight is 198 g/mol. The standard InChI is InChI=1S/C12H22O2/c1-3-8-12(13,9-4-2)11-7-5-6-10-14-11/h7,13H,3-6,8-10H2,1-2H3. The molecule has 14 heavy (non-hydrogen) atoms. The van der Waals surface area contributed by atoms with Crippen molar-refractivity contribution in [3.63, 3.8) is 0 Å². The van der Waals surface area contributed by atoms with Gasteiger partial charge in [0.25, 0.3) is 0 Å². The van der Waals surface area contributed by atoms with Gasteiger partial charge in [0.05, 0.1) is 6.61 Å². The molecular weight excluding hydrogens is 176 g/mol. The molecule has 0 fully saturated rings. The van der Waals surface area contributed by atoms with E-state index in [4.69, 9.17) is 4.74 Å². The Balaban J connectivity index is 2.68. The van der Waals surface area contributed by atoms with Crippen LogP contribution in [0.15, 0.2) is 11.8 Å². The SMILES string of the molecule is CCCC(O)(CCC)C1=CCCCO1. The van der Waals surface area contributed by atoms with Crippen LogP contribution in [-0.4, -0.2) is 17.3 Å². The van der Waals surface area contributed by atoms with Gasteiger partial charge < -0.3 is 9.84 Å². The number of rotatable bonds is 5. The van der Waals surface area contributed by atoms with Crippen LogP contribution >= 0.6 is 0 Å². The van der Waals surface area contributed by atoms with Crippen LogP contribution in [0, 0.1) is 0 Å². The van der Waals surface area contributed by atoms with Gasteiger partial charge in [0.1, 0.15) is 11.4 Å². The molecule has 0 unspecified atom stereocenters. The van der Waals surface area contributed by atoms with Gasteiger partial charge in [-0.2, -0.15) is 0 Å². The van der Waals surface area contributed by atoms with Crippen LogP contribution in [0.4, 0.5) is 0 Å². The summed E-state index contributed by atoms with van der Waals surface area (Å²) in [5.41, 5.74) is -0.691. The van der Waals surface area contributed by atoms with Gasteiger partial charge in [-0.1, -0.05) is 26.7 Å². The summed E-state index contributed by atoms with van der Waals surface area (Å²) in [4.78, 5) is 0. The van der Waals surface area contributed by atoms with Crippen molar-refractivity contribution in [1.82, 2.24) is 0 Å². The maximum Gasteiger partial charge on any atom is 0.124 e. The van der Waals surface area contributed by atoms with Crippen molar-refractivity contribution in [2.75, 3.05) is 6.61 Å². The van der Waals surface area contributed by atoms with Crippen molar-refractivity contribution in [2.24, 2.45) is 0 Å². The van der Waals surface area contributed by atoms with E-state index < -0.39 is 5.60 Å². The highest BCUT2D eigenvalue weighted by Crippen LogP contribution is 2.31. The molecule has 0 bridgehead atoms. The highest BCUT2D eigenvalue weighted by atomic mass is 16.5. The summed E-state index contributed by atoms with van der Waals surface area (Å²) < 4.78 is 5.56. The minimum atomic E-state index is -0.691.